The maximum Gasteiger partial charge on any atom is 0.327 e. The number of carbonyl (C=O) groups excluding carboxylic acids is 1. The Kier molecular flexibility index (Phi) is 5.41. The van der Waals surface area contributed by atoms with Crippen LogP contribution >= 0.6 is 11.8 Å². The monoisotopic (exact) mass is 314 g/mol. The van der Waals surface area contributed by atoms with Crippen LogP contribution in [0.4, 0.5) is 4.79 Å². The topological polar surface area (TPSA) is 69.6 Å². The number of carboxylic acid groups (broad SMARTS) is 1. The molecule has 6 heteroatoms. The standard InChI is InChI=1S/C15H26N2O3S/c1-4-5-13-17(12(8-21-13)14(18)19)15(20)16-11-7-6-9(2)10(11)3/h9-13H,4-8H2,1-3H3,(H,16,20)(H,18,19). The van der Waals surface area contributed by atoms with E-state index in [0.717, 1.165) is 25.7 Å². The Morgan fingerprint density at radius 1 is 1.33 bits per heavy atom. The molecular formula is C15H26N2O3S. The van der Waals surface area contributed by atoms with E-state index in [-0.39, 0.29) is 17.4 Å². The molecule has 0 aromatic carbocycles. The van der Waals surface area contributed by atoms with E-state index in [1.54, 1.807) is 16.7 Å². The van der Waals surface area contributed by atoms with E-state index in [0.29, 0.717) is 17.6 Å². The molecule has 0 radical (unpaired) electrons. The summed E-state index contributed by atoms with van der Waals surface area (Å²) in [7, 11) is 0. The zero-order valence-electron chi connectivity index (χ0n) is 13.0. The van der Waals surface area contributed by atoms with Crippen LogP contribution in [0.5, 0.6) is 0 Å². The third-order valence-electron chi connectivity index (χ3n) is 4.92. The second-order valence-electron chi connectivity index (χ2n) is 6.31. The Bertz CT molecular complexity index is 404. The highest BCUT2D eigenvalue weighted by molar-refractivity contribution is 8.00. The third kappa shape index (κ3) is 3.47. The van der Waals surface area contributed by atoms with Crippen LogP contribution in [0.15, 0.2) is 0 Å². The Hall–Kier alpha value is -0.910. The van der Waals surface area contributed by atoms with E-state index >= 15 is 0 Å². The second-order valence-corrected chi connectivity index (χ2v) is 7.52. The first-order chi connectivity index (χ1) is 9.95. The number of nitrogens with zero attached hydrogens (tertiary/aromatic N) is 1. The Balaban J connectivity index is 2.04. The van der Waals surface area contributed by atoms with Crippen molar-refractivity contribution in [3.8, 4) is 0 Å². The molecule has 2 rings (SSSR count). The van der Waals surface area contributed by atoms with Gasteiger partial charge in [-0.25, -0.2) is 9.59 Å². The van der Waals surface area contributed by atoms with Gasteiger partial charge >= 0.3 is 12.0 Å². The molecule has 0 spiro atoms. The summed E-state index contributed by atoms with van der Waals surface area (Å²) in [6.45, 7) is 6.44. The van der Waals surface area contributed by atoms with Gasteiger partial charge in [0.2, 0.25) is 0 Å². The van der Waals surface area contributed by atoms with Gasteiger partial charge in [0.05, 0.1) is 5.37 Å². The SMILES string of the molecule is CCCC1SCC(C(=O)O)N1C(=O)NC1CCC(C)C1C. The summed E-state index contributed by atoms with van der Waals surface area (Å²) < 4.78 is 0. The Labute approximate surface area is 130 Å². The number of hydrogen-bond donors (Lipinski definition) is 2. The molecule has 0 bridgehead atoms. The van der Waals surface area contributed by atoms with Crippen molar-refractivity contribution in [2.45, 2.75) is 63.9 Å². The minimum atomic E-state index is -0.899. The summed E-state index contributed by atoms with van der Waals surface area (Å²) in [6.07, 6.45) is 3.91. The predicted molar refractivity (Wildman–Crippen MR) is 84.3 cm³/mol. The Morgan fingerprint density at radius 3 is 2.57 bits per heavy atom. The molecule has 2 aliphatic rings. The first-order valence-electron chi connectivity index (χ1n) is 7.89. The fraction of sp³-hybridized carbons (Fsp3) is 0.867. The van der Waals surface area contributed by atoms with Crippen LogP contribution in [0.1, 0.15) is 46.5 Å². The highest BCUT2D eigenvalue weighted by atomic mass is 32.2. The summed E-state index contributed by atoms with van der Waals surface area (Å²) in [6, 6.07) is -0.715. The minimum Gasteiger partial charge on any atom is -0.480 e. The highest BCUT2D eigenvalue weighted by Gasteiger charge is 2.42. The van der Waals surface area contributed by atoms with Gasteiger partial charge in [0.25, 0.3) is 0 Å². The zero-order chi connectivity index (χ0) is 15.6. The van der Waals surface area contributed by atoms with Crippen molar-refractivity contribution in [1.29, 1.82) is 0 Å². The van der Waals surface area contributed by atoms with Crippen molar-refractivity contribution in [2.75, 3.05) is 5.75 Å². The molecule has 2 N–H and O–H groups in total. The fourth-order valence-electron chi connectivity index (χ4n) is 3.30. The lowest BCUT2D eigenvalue weighted by molar-refractivity contribution is -0.141. The third-order valence-corrected chi connectivity index (χ3v) is 6.28. The molecule has 1 saturated heterocycles. The fourth-order valence-corrected chi connectivity index (χ4v) is 4.81. The van der Waals surface area contributed by atoms with Gasteiger partial charge in [-0.1, -0.05) is 27.2 Å². The molecule has 0 aromatic rings. The van der Waals surface area contributed by atoms with E-state index < -0.39 is 12.0 Å². The molecule has 2 amide bonds. The van der Waals surface area contributed by atoms with Crippen molar-refractivity contribution in [1.82, 2.24) is 10.2 Å². The summed E-state index contributed by atoms with van der Waals surface area (Å²) >= 11 is 1.58. The van der Waals surface area contributed by atoms with E-state index in [1.807, 2.05) is 0 Å². The molecule has 120 valence electrons. The van der Waals surface area contributed by atoms with Crippen LogP contribution in [0, 0.1) is 11.8 Å². The largest absolute Gasteiger partial charge is 0.480 e. The molecule has 21 heavy (non-hydrogen) atoms. The first-order valence-corrected chi connectivity index (χ1v) is 8.93. The maximum absolute atomic E-state index is 12.6. The van der Waals surface area contributed by atoms with Gasteiger partial charge in [-0.15, -0.1) is 11.8 Å². The smallest absolute Gasteiger partial charge is 0.327 e. The van der Waals surface area contributed by atoms with Crippen molar-refractivity contribution in [2.24, 2.45) is 11.8 Å². The molecule has 5 nitrogen and oxygen atoms in total. The van der Waals surface area contributed by atoms with Gasteiger partial charge in [0, 0.05) is 11.8 Å². The number of aliphatic carboxylic acids is 1. The first kappa shape index (κ1) is 16.5. The lowest BCUT2D eigenvalue weighted by atomic mass is 9.98. The number of rotatable bonds is 4. The van der Waals surface area contributed by atoms with Crippen molar-refractivity contribution < 1.29 is 14.7 Å². The Morgan fingerprint density at radius 2 is 2.05 bits per heavy atom. The second kappa shape index (κ2) is 6.90. The van der Waals surface area contributed by atoms with Crippen LogP contribution in [0.25, 0.3) is 0 Å². The predicted octanol–water partition coefficient (Wildman–Crippen LogP) is 2.76. The normalized spacial score (nSPS) is 36.0. The lowest BCUT2D eigenvalue weighted by Crippen LogP contribution is -2.53. The van der Waals surface area contributed by atoms with E-state index in [1.165, 1.54) is 0 Å². The average Bonchev–Trinajstić information content (AvgIpc) is 2.98. The van der Waals surface area contributed by atoms with Crippen LogP contribution in [-0.2, 0) is 4.79 Å². The van der Waals surface area contributed by atoms with Gasteiger partial charge in [-0.2, -0.15) is 0 Å². The number of hydrogen-bond acceptors (Lipinski definition) is 3. The molecule has 2 fully saturated rings. The van der Waals surface area contributed by atoms with Gasteiger partial charge < -0.3 is 10.4 Å². The number of amides is 2. The number of nitrogens with one attached hydrogen (secondary N) is 1. The van der Waals surface area contributed by atoms with E-state index in [4.69, 9.17) is 0 Å². The van der Waals surface area contributed by atoms with Crippen molar-refractivity contribution >= 4 is 23.8 Å². The lowest BCUT2D eigenvalue weighted by Gasteiger charge is -2.30. The summed E-state index contributed by atoms with van der Waals surface area (Å²) in [5.74, 6) is 0.662. The summed E-state index contributed by atoms with van der Waals surface area (Å²) in [5.41, 5.74) is 0. The van der Waals surface area contributed by atoms with Gasteiger partial charge in [-0.05, 0) is 31.1 Å². The average molecular weight is 314 g/mol. The quantitative estimate of drug-likeness (QED) is 0.837. The highest BCUT2D eigenvalue weighted by Crippen LogP contribution is 2.34. The van der Waals surface area contributed by atoms with Gasteiger partial charge in [-0.3, -0.25) is 4.90 Å². The minimum absolute atomic E-state index is 0.00904. The van der Waals surface area contributed by atoms with E-state index in [2.05, 4.69) is 26.1 Å². The van der Waals surface area contributed by atoms with Crippen molar-refractivity contribution in [3.63, 3.8) is 0 Å². The molecule has 0 aromatic heterocycles. The summed E-state index contributed by atoms with van der Waals surface area (Å²) in [4.78, 5) is 25.5. The van der Waals surface area contributed by atoms with Crippen LogP contribution < -0.4 is 5.32 Å². The molecular weight excluding hydrogens is 288 g/mol. The van der Waals surface area contributed by atoms with Gasteiger partial charge in [0.15, 0.2) is 0 Å². The number of thioether (sulfide) groups is 1. The number of carbonyl (C=O) groups is 2. The summed E-state index contributed by atoms with van der Waals surface area (Å²) in [5, 5.41) is 12.4. The van der Waals surface area contributed by atoms with Crippen molar-refractivity contribution in [3.05, 3.63) is 0 Å². The zero-order valence-corrected chi connectivity index (χ0v) is 13.9. The molecule has 5 unspecified atom stereocenters. The van der Waals surface area contributed by atoms with Crippen LogP contribution in [-0.4, -0.2) is 45.2 Å². The van der Waals surface area contributed by atoms with Crippen LogP contribution in [0.2, 0.25) is 0 Å². The number of carboxylic acids is 1. The maximum atomic E-state index is 12.6. The molecule has 1 aliphatic carbocycles. The molecule has 5 atom stereocenters. The molecule has 1 aliphatic heterocycles. The molecule has 1 saturated carbocycles. The number of urea groups is 1. The van der Waals surface area contributed by atoms with Gasteiger partial charge in [0.1, 0.15) is 6.04 Å². The van der Waals surface area contributed by atoms with E-state index in [9.17, 15) is 14.7 Å². The van der Waals surface area contributed by atoms with Crippen LogP contribution in [0.3, 0.4) is 0 Å². The molecule has 1 heterocycles.